The van der Waals surface area contributed by atoms with Gasteiger partial charge in [-0.15, -0.1) is 0 Å². The average molecular weight is 365 g/mol. The van der Waals surface area contributed by atoms with Crippen LogP contribution in [0.25, 0.3) is 0 Å². The van der Waals surface area contributed by atoms with Gasteiger partial charge in [0.15, 0.2) is 0 Å². The number of sulfonamides is 1. The van der Waals surface area contributed by atoms with Crippen molar-refractivity contribution < 1.29 is 31.1 Å². The lowest BCUT2D eigenvalue weighted by molar-refractivity contribution is -0.173. The van der Waals surface area contributed by atoms with Crippen molar-refractivity contribution in [2.75, 3.05) is 12.4 Å². The maximum Gasteiger partial charge on any atom is 0.394 e. The summed E-state index contributed by atoms with van der Waals surface area (Å²) in [5, 5.41) is 0. The number of ether oxygens (including phenoxy) is 1. The number of nitrogens with one attached hydrogen (secondary N) is 1. The van der Waals surface area contributed by atoms with Gasteiger partial charge in [0.25, 0.3) is 5.91 Å². The minimum atomic E-state index is -4.46. The van der Waals surface area contributed by atoms with Crippen molar-refractivity contribution in [1.82, 2.24) is 4.72 Å². The minimum Gasteiger partial charge on any atom is -0.368 e. The lowest BCUT2D eigenvalue weighted by atomic mass is 10.1. The highest BCUT2D eigenvalue weighted by molar-refractivity contribution is 7.90. The molecule has 9 heteroatoms. The van der Waals surface area contributed by atoms with Gasteiger partial charge in [-0.05, 0) is 25.3 Å². The molecule has 24 heavy (non-hydrogen) atoms. The molecule has 1 N–H and O–H groups in total. The lowest BCUT2D eigenvalue weighted by Gasteiger charge is -2.13. The Bertz CT molecular complexity index is 686. The van der Waals surface area contributed by atoms with E-state index in [2.05, 4.69) is 0 Å². The highest BCUT2D eigenvalue weighted by Gasteiger charge is 2.47. The number of carbonyl (C=O) groups excluding carboxylic acids is 1. The quantitative estimate of drug-likeness (QED) is 0.866. The zero-order chi connectivity index (χ0) is 18.0. The van der Waals surface area contributed by atoms with Crippen molar-refractivity contribution in [2.24, 2.45) is 5.92 Å². The van der Waals surface area contributed by atoms with Gasteiger partial charge in [0.2, 0.25) is 10.0 Å². The largest absolute Gasteiger partial charge is 0.394 e. The maximum atomic E-state index is 12.5. The number of carbonyl (C=O) groups is 1. The second-order valence-electron chi connectivity index (χ2n) is 5.82. The third kappa shape index (κ3) is 5.20. The molecule has 1 aliphatic rings. The van der Waals surface area contributed by atoms with Crippen LogP contribution in [0, 0.1) is 12.8 Å². The van der Waals surface area contributed by atoms with E-state index in [9.17, 15) is 26.4 Å². The van der Waals surface area contributed by atoms with Crippen LogP contribution >= 0.6 is 0 Å². The summed E-state index contributed by atoms with van der Waals surface area (Å²) in [7, 11) is -3.94. The van der Waals surface area contributed by atoms with Gasteiger partial charge in [0.1, 0.15) is 6.10 Å². The van der Waals surface area contributed by atoms with Crippen LogP contribution in [-0.2, 0) is 26.0 Å². The monoisotopic (exact) mass is 365 g/mol. The van der Waals surface area contributed by atoms with E-state index in [0.29, 0.717) is 0 Å². The smallest absolute Gasteiger partial charge is 0.368 e. The summed E-state index contributed by atoms with van der Waals surface area (Å²) in [4.78, 5) is 11.8. The number of benzene rings is 1. The Morgan fingerprint density at radius 2 is 1.92 bits per heavy atom. The normalized spacial score (nSPS) is 21.7. The fraction of sp³-hybridized carbons (Fsp3) is 0.533. The van der Waals surface area contributed by atoms with E-state index in [4.69, 9.17) is 4.74 Å². The van der Waals surface area contributed by atoms with Crippen LogP contribution in [-0.4, -0.2) is 39.0 Å². The zero-order valence-corrected chi connectivity index (χ0v) is 13.8. The van der Waals surface area contributed by atoms with E-state index in [1.54, 1.807) is 16.9 Å². The van der Waals surface area contributed by atoms with Crippen LogP contribution in [0.4, 0.5) is 13.2 Å². The Morgan fingerprint density at radius 1 is 1.29 bits per heavy atom. The Hall–Kier alpha value is -1.61. The second kappa shape index (κ2) is 7.10. The van der Waals surface area contributed by atoms with Crippen LogP contribution < -0.4 is 4.72 Å². The molecule has 1 heterocycles. The summed E-state index contributed by atoms with van der Waals surface area (Å²) >= 11 is 0. The Kier molecular flexibility index (Phi) is 5.54. The predicted molar refractivity (Wildman–Crippen MR) is 80.7 cm³/mol. The van der Waals surface area contributed by atoms with Crippen molar-refractivity contribution in [3.05, 3.63) is 35.4 Å². The molecule has 1 fully saturated rings. The Labute approximate surface area is 138 Å². The van der Waals surface area contributed by atoms with E-state index in [-0.39, 0.29) is 12.2 Å². The molecule has 1 aromatic rings. The summed E-state index contributed by atoms with van der Waals surface area (Å²) in [6.45, 7) is 1.27. The van der Waals surface area contributed by atoms with E-state index in [1.165, 1.54) is 0 Å². The molecule has 1 amide bonds. The molecule has 0 spiro atoms. The molecular formula is C15H18F3NO4S. The number of halogens is 3. The predicted octanol–water partition coefficient (Wildman–Crippen LogP) is 1.95. The number of aryl methyl sites for hydroxylation is 2. The fourth-order valence-electron chi connectivity index (χ4n) is 2.31. The topological polar surface area (TPSA) is 72.5 Å². The zero-order valence-electron chi connectivity index (χ0n) is 13.0. The first-order chi connectivity index (χ1) is 11.1. The molecule has 0 bridgehead atoms. The van der Waals surface area contributed by atoms with E-state index in [0.717, 1.165) is 11.1 Å². The molecule has 134 valence electrons. The third-order valence-corrected chi connectivity index (χ3v) is 5.04. The van der Waals surface area contributed by atoms with E-state index < -0.39 is 47.2 Å². The van der Waals surface area contributed by atoms with Crippen molar-refractivity contribution in [1.29, 1.82) is 0 Å². The summed E-state index contributed by atoms with van der Waals surface area (Å²) in [6, 6.07) is 7.23. The number of amides is 1. The fourth-order valence-corrected chi connectivity index (χ4v) is 3.36. The molecule has 0 aromatic heterocycles. The molecule has 0 radical (unpaired) electrons. The van der Waals surface area contributed by atoms with Crippen molar-refractivity contribution in [2.45, 2.75) is 32.0 Å². The molecule has 5 nitrogen and oxygen atoms in total. The number of hydrogen-bond acceptors (Lipinski definition) is 4. The van der Waals surface area contributed by atoms with Crippen LogP contribution in [0.3, 0.4) is 0 Å². The molecule has 0 aliphatic carbocycles. The molecule has 1 aliphatic heterocycles. The van der Waals surface area contributed by atoms with Crippen LogP contribution in [0.15, 0.2) is 24.3 Å². The van der Waals surface area contributed by atoms with Gasteiger partial charge in [-0.2, -0.15) is 13.2 Å². The number of alkyl halides is 3. The van der Waals surface area contributed by atoms with Crippen molar-refractivity contribution in [3.63, 3.8) is 0 Å². The van der Waals surface area contributed by atoms with Gasteiger partial charge in [-0.3, -0.25) is 9.52 Å². The summed E-state index contributed by atoms with van der Waals surface area (Å²) < 4.78 is 68.0. The summed E-state index contributed by atoms with van der Waals surface area (Å²) in [5.74, 6) is -3.13. The van der Waals surface area contributed by atoms with Crippen LogP contribution in [0.2, 0.25) is 0 Å². The van der Waals surface area contributed by atoms with Crippen LogP contribution in [0.5, 0.6) is 0 Å². The summed E-state index contributed by atoms with van der Waals surface area (Å²) in [6.07, 6.45) is -6.23. The molecule has 2 rings (SSSR count). The van der Waals surface area contributed by atoms with Crippen LogP contribution in [0.1, 0.15) is 17.5 Å². The first kappa shape index (κ1) is 18.7. The molecular weight excluding hydrogens is 347 g/mol. The molecule has 1 saturated heterocycles. The first-order valence-electron chi connectivity index (χ1n) is 7.35. The molecule has 2 atom stereocenters. The van der Waals surface area contributed by atoms with Gasteiger partial charge in [-0.25, -0.2) is 8.42 Å². The number of rotatable bonds is 5. The van der Waals surface area contributed by atoms with Gasteiger partial charge in [-0.1, -0.05) is 29.8 Å². The highest BCUT2D eigenvalue weighted by Crippen LogP contribution is 2.35. The Morgan fingerprint density at radius 3 is 2.46 bits per heavy atom. The van der Waals surface area contributed by atoms with Gasteiger partial charge < -0.3 is 4.74 Å². The Balaban J connectivity index is 1.87. The van der Waals surface area contributed by atoms with Gasteiger partial charge >= 0.3 is 6.18 Å². The number of hydrogen-bond donors (Lipinski definition) is 1. The first-order valence-corrected chi connectivity index (χ1v) is 9.00. The average Bonchev–Trinajstić information content (AvgIpc) is 2.96. The maximum absolute atomic E-state index is 12.5. The van der Waals surface area contributed by atoms with E-state index >= 15 is 0 Å². The molecule has 2 unspecified atom stereocenters. The highest BCUT2D eigenvalue weighted by atomic mass is 32.2. The van der Waals surface area contributed by atoms with Crippen molar-refractivity contribution >= 4 is 15.9 Å². The summed E-state index contributed by atoms with van der Waals surface area (Å²) in [5.41, 5.74) is 1.82. The van der Waals surface area contributed by atoms with Gasteiger partial charge in [0.05, 0.1) is 18.3 Å². The van der Waals surface area contributed by atoms with E-state index in [1.807, 2.05) is 19.1 Å². The standard InChI is InChI=1S/C15H18F3NO4S/c1-10-2-4-11(5-3-10)6-7-24(21,22)19-14(20)13-8-12(9-23-13)15(16,17)18/h2-5,12-13H,6-9H2,1H3,(H,19,20). The SMILES string of the molecule is Cc1ccc(CCS(=O)(=O)NC(=O)C2CC(C(F)(F)F)CO2)cc1. The molecule has 0 saturated carbocycles. The third-order valence-electron chi connectivity index (χ3n) is 3.79. The van der Waals surface area contributed by atoms with Gasteiger partial charge in [0, 0.05) is 0 Å². The van der Waals surface area contributed by atoms with Crippen molar-refractivity contribution in [3.8, 4) is 0 Å². The lowest BCUT2D eigenvalue weighted by Crippen LogP contribution is -2.40. The molecule has 1 aromatic carbocycles. The second-order valence-corrected chi connectivity index (χ2v) is 7.66. The minimum absolute atomic E-state index is 0.194.